The molecule has 1 atom stereocenters. The summed E-state index contributed by atoms with van der Waals surface area (Å²) in [6.07, 6.45) is -4.21. The van der Waals surface area contributed by atoms with Crippen LogP contribution in [-0.2, 0) is 6.18 Å². The molecule has 0 unspecified atom stereocenters. The summed E-state index contributed by atoms with van der Waals surface area (Å²) >= 11 is 0. The minimum absolute atomic E-state index is 0.119. The Morgan fingerprint density at radius 3 is 2.60 bits per heavy atom. The number of ether oxygens (including phenoxy) is 1. The standard InChI is InChI=1S/C12H13F3N2O3/c1-16-3-2-10(7-16)20-11-5-8(12(13,14)15)4-9(6-11)17(18)19/h4-6,10H,2-3,7H2,1H3/t10-/m0/s1. The molecule has 8 heteroatoms. The zero-order valence-corrected chi connectivity index (χ0v) is 10.7. The molecule has 2 rings (SSSR count). The van der Waals surface area contributed by atoms with Crippen molar-refractivity contribution in [1.29, 1.82) is 0 Å². The minimum Gasteiger partial charge on any atom is -0.489 e. The third-order valence-electron chi connectivity index (χ3n) is 3.08. The molecular weight excluding hydrogens is 277 g/mol. The number of alkyl halides is 3. The summed E-state index contributed by atoms with van der Waals surface area (Å²) in [5.74, 6) is -0.119. The van der Waals surface area contributed by atoms with Gasteiger partial charge in [-0.25, -0.2) is 0 Å². The highest BCUT2D eigenvalue weighted by molar-refractivity contribution is 5.44. The van der Waals surface area contributed by atoms with Gasteiger partial charge in [0.1, 0.15) is 11.9 Å². The second-order valence-corrected chi connectivity index (χ2v) is 4.76. The maximum absolute atomic E-state index is 12.7. The molecule has 0 spiro atoms. The molecule has 0 N–H and O–H groups in total. The fourth-order valence-corrected chi connectivity index (χ4v) is 2.10. The van der Waals surface area contributed by atoms with Gasteiger partial charge in [-0.3, -0.25) is 10.1 Å². The maximum atomic E-state index is 12.7. The predicted molar refractivity (Wildman–Crippen MR) is 64.6 cm³/mol. The first kappa shape index (κ1) is 14.6. The second kappa shape index (κ2) is 5.28. The number of halogens is 3. The second-order valence-electron chi connectivity index (χ2n) is 4.76. The number of nitro benzene ring substituents is 1. The average molecular weight is 290 g/mol. The van der Waals surface area contributed by atoms with Gasteiger partial charge in [0.25, 0.3) is 5.69 Å². The van der Waals surface area contributed by atoms with Crippen LogP contribution < -0.4 is 4.74 Å². The van der Waals surface area contributed by atoms with Crippen LogP contribution in [0, 0.1) is 10.1 Å². The van der Waals surface area contributed by atoms with Crippen molar-refractivity contribution < 1.29 is 22.8 Å². The summed E-state index contributed by atoms with van der Waals surface area (Å²) < 4.78 is 43.5. The predicted octanol–water partition coefficient (Wildman–Crippen LogP) is 2.70. The van der Waals surface area contributed by atoms with Crippen LogP contribution in [0.4, 0.5) is 18.9 Å². The summed E-state index contributed by atoms with van der Waals surface area (Å²) in [6.45, 7) is 1.37. The summed E-state index contributed by atoms with van der Waals surface area (Å²) in [4.78, 5) is 11.8. The molecule has 0 aromatic heterocycles. The van der Waals surface area contributed by atoms with Crippen LogP contribution in [0.3, 0.4) is 0 Å². The molecule has 0 amide bonds. The van der Waals surface area contributed by atoms with Crippen molar-refractivity contribution in [2.45, 2.75) is 18.7 Å². The number of likely N-dealkylation sites (N-methyl/N-ethyl adjacent to an activating group) is 1. The highest BCUT2D eigenvalue weighted by atomic mass is 19.4. The van der Waals surface area contributed by atoms with Crippen LogP contribution in [-0.4, -0.2) is 36.1 Å². The molecule has 1 aromatic rings. The number of hydrogen-bond donors (Lipinski definition) is 0. The Bertz CT molecular complexity index is 519. The lowest BCUT2D eigenvalue weighted by molar-refractivity contribution is -0.385. The van der Waals surface area contributed by atoms with E-state index in [2.05, 4.69) is 0 Å². The first-order chi connectivity index (χ1) is 9.25. The lowest BCUT2D eigenvalue weighted by atomic mass is 10.2. The molecular formula is C12H13F3N2O3. The highest BCUT2D eigenvalue weighted by Crippen LogP contribution is 2.35. The van der Waals surface area contributed by atoms with Gasteiger partial charge in [-0.05, 0) is 19.5 Å². The molecule has 1 aliphatic heterocycles. The van der Waals surface area contributed by atoms with Crippen molar-refractivity contribution in [1.82, 2.24) is 4.90 Å². The molecule has 0 saturated carbocycles. The van der Waals surface area contributed by atoms with Crippen LogP contribution in [0.2, 0.25) is 0 Å². The molecule has 110 valence electrons. The van der Waals surface area contributed by atoms with Gasteiger partial charge in [0.2, 0.25) is 0 Å². The van der Waals surface area contributed by atoms with Gasteiger partial charge < -0.3 is 9.64 Å². The topological polar surface area (TPSA) is 55.6 Å². The summed E-state index contributed by atoms with van der Waals surface area (Å²) in [7, 11) is 1.87. The number of benzene rings is 1. The highest BCUT2D eigenvalue weighted by Gasteiger charge is 2.33. The van der Waals surface area contributed by atoms with Crippen molar-refractivity contribution in [3.63, 3.8) is 0 Å². The van der Waals surface area contributed by atoms with Crippen molar-refractivity contribution in [3.8, 4) is 5.75 Å². The van der Waals surface area contributed by atoms with Crippen LogP contribution in [0.15, 0.2) is 18.2 Å². The van der Waals surface area contributed by atoms with Crippen LogP contribution in [0.5, 0.6) is 5.75 Å². The molecule has 0 radical (unpaired) electrons. The Kier molecular flexibility index (Phi) is 3.85. The zero-order chi connectivity index (χ0) is 14.9. The molecule has 0 bridgehead atoms. The van der Waals surface area contributed by atoms with E-state index < -0.39 is 22.4 Å². The quantitative estimate of drug-likeness (QED) is 0.634. The fraction of sp³-hybridized carbons (Fsp3) is 0.500. The van der Waals surface area contributed by atoms with E-state index in [4.69, 9.17) is 4.74 Å². The number of likely N-dealkylation sites (tertiary alicyclic amines) is 1. The minimum atomic E-state index is -4.64. The Morgan fingerprint density at radius 2 is 2.10 bits per heavy atom. The van der Waals surface area contributed by atoms with Gasteiger partial charge in [0.05, 0.1) is 16.6 Å². The summed E-state index contributed by atoms with van der Waals surface area (Å²) in [5.41, 5.74) is -1.70. The first-order valence-electron chi connectivity index (χ1n) is 5.97. The van der Waals surface area contributed by atoms with E-state index in [-0.39, 0.29) is 11.9 Å². The zero-order valence-electron chi connectivity index (χ0n) is 10.7. The molecule has 1 saturated heterocycles. The van der Waals surface area contributed by atoms with Gasteiger partial charge in [-0.15, -0.1) is 0 Å². The van der Waals surface area contributed by atoms with Gasteiger partial charge in [0.15, 0.2) is 0 Å². The smallest absolute Gasteiger partial charge is 0.416 e. The van der Waals surface area contributed by atoms with E-state index in [1.165, 1.54) is 0 Å². The summed E-state index contributed by atoms with van der Waals surface area (Å²) in [6, 6.07) is 2.33. The fourth-order valence-electron chi connectivity index (χ4n) is 2.10. The van der Waals surface area contributed by atoms with E-state index in [0.29, 0.717) is 19.0 Å². The molecule has 20 heavy (non-hydrogen) atoms. The van der Waals surface area contributed by atoms with E-state index in [1.54, 1.807) is 0 Å². The Labute approximate surface area is 113 Å². The van der Waals surface area contributed by atoms with E-state index in [1.807, 2.05) is 11.9 Å². The van der Waals surface area contributed by atoms with Gasteiger partial charge >= 0.3 is 6.18 Å². The van der Waals surface area contributed by atoms with Crippen LogP contribution in [0.25, 0.3) is 0 Å². The lowest BCUT2D eigenvalue weighted by Gasteiger charge is -2.15. The number of hydrogen-bond acceptors (Lipinski definition) is 4. The molecule has 1 heterocycles. The number of nitro groups is 1. The van der Waals surface area contributed by atoms with Gasteiger partial charge in [0, 0.05) is 19.2 Å². The molecule has 1 aliphatic rings. The van der Waals surface area contributed by atoms with Crippen LogP contribution in [0.1, 0.15) is 12.0 Å². The van der Waals surface area contributed by atoms with E-state index >= 15 is 0 Å². The van der Waals surface area contributed by atoms with E-state index in [0.717, 1.165) is 18.7 Å². The summed E-state index contributed by atoms with van der Waals surface area (Å²) in [5, 5.41) is 10.7. The molecule has 1 aromatic carbocycles. The normalized spacial score (nSPS) is 20.1. The van der Waals surface area contributed by atoms with Gasteiger partial charge in [-0.2, -0.15) is 13.2 Å². The molecule has 1 fully saturated rings. The largest absolute Gasteiger partial charge is 0.489 e. The number of non-ortho nitro benzene ring substituents is 1. The number of nitrogens with zero attached hydrogens (tertiary/aromatic N) is 2. The molecule has 5 nitrogen and oxygen atoms in total. The van der Waals surface area contributed by atoms with Crippen molar-refractivity contribution >= 4 is 5.69 Å². The third-order valence-corrected chi connectivity index (χ3v) is 3.08. The Morgan fingerprint density at radius 1 is 1.40 bits per heavy atom. The Balaban J connectivity index is 2.27. The van der Waals surface area contributed by atoms with Crippen molar-refractivity contribution in [3.05, 3.63) is 33.9 Å². The SMILES string of the molecule is CN1CC[C@H](Oc2cc([N+](=O)[O-])cc(C(F)(F)F)c2)C1. The Hall–Kier alpha value is -1.83. The lowest BCUT2D eigenvalue weighted by Crippen LogP contribution is -2.21. The van der Waals surface area contributed by atoms with Gasteiger partial charge in [-0.1, -0.05) is 0 Å². The monoisotopic (exact) mass is 290 g/mol. The first-order valence-corrected chi connectivity index (χ1v) is 5.97. The average Bonchev–Trinajstić information content (AvgIpc) is 2.73. The number of rotatable bonds is 3. The van der Waals surface area contributed by atoms with E-state index in [9.17, 15) is 23.3 Å². The molecule has 0 aliphatic carbocycles. The van der Waals surface area contributed by atoms with Crippen molar-refractivity contribution in [2.75, 3.05) is 20.1 Å². The third kappa shape index (κ3) is 3.38. The maximum Gasteiger partial charge on any atom is 0.416 e. The van der Waals surface area contributed by atoms with Crippen molar-refractivity contribution in [2.24, 2.45) is 0 Å². The van der Waals surface area contributed by atoms with Crippen LogP contribution >= 0.6 is 0 Å².